The molecule has 106 valence electrons. The van der Waals surface area contributed by atoms with Crippen molar-refractivity contribution in [1.82, 2.24) is 0 Å². The molecule has 2 aromatic carbocycles. The molecular weight excluding hydrogens is 338 g/mol. The molecule has 0 bridgehead atoms. The van der Waals surface area contributed by atoms with Crippen LogP contribution in [0, 0.1) is 6.92 Å². The maximum absolute atomic E-state index is 6.25. The highest BCUT2D eigenvalue weighted by atomic mass is 79.9. The van der Waals surface area contributed by atoms with Gasteiger partial charge in [-0.05, 0) is 43.2 Å². The summed E-state index contributed by atoms with van der Waals surface area (Å²) in [6.45, 7) is 4.14. The molecule has 20 heavy (non-hydrogen) atoms. The van der Waals surface area contributed by atoms with E-state index in [1.807, 2.05) is 30.3 Å². The van der Waals surface area contributed by atoms with Gasteiger partial charge in [0, 0.05) is 9.50 Å². The van der Waals surface area contributed by atoms with E-state index in [-0.39, 0.29) is 6.04 Å². The van der Waals surface area contributed by atoms with E-state index in [4.69, 9.17) is 16.3 Å². The number of hydrogen-bond acceptors (Lipinski definition) is 2. The van der Waals surface area contributed by atoms with Crippen LogP contribution >= 0.6 is 27.5 Å². The minimum absolute atomic E-state index is 0.0949. The number of anilines is 1. The van der Waals surface area contributed by atoms with Crippen LogP contribution in [-0.2, 0) is 0 Å². The molecule has 0 aliphatic rings. The number of benzene rings is 2. The molecular formula is C16H17BrClNO. The second-order valence-electron chi connectivity index (χ2n) is 4.69. The van der Waals surface area contributed by atoms with Crippen molar-refractivity contribution in [3.8, 4) is 5.75 Å². The lowest BCUT2D eigenvalue weighted by Crippen LogP contribution is -2.09. The van der Waals surface area contributed by atoms with Gasteiger partial charge in [0.05, 0.1) is 18.8 Å². The lowest BCUT2D eigenvalue weighted by Gasteiger charge is -2.21. The average molecular weight is 355 g/mol. The first kappa shape index (κ1) is 15.2. The Morgan fingerprint density at radius 1 is 1.25 bits per heavy atom. The van der Waals surface area contributed by atoms with E-state index >= 15 is 0 Å². The van der Waals surface area contributed by atoms with E-state index in [9.17, 15) is 0 Å². The molecule has 0 aromatic heterocycles. The first-order valence-electron chi connectivity index (χ1n) is 6.38. The van der Waals surface area contributed by atoms with Crippen LogP contribution < -0.4 is 10.1 Å². The van der Waals surface area contributed by atoms with Crippen LogP contribution in [0.15, 0.2) is 40.9 Å². The fourth-order valence-electron chi connectivity index (χ4n) is 2.18. The van der Waals surface area contributed by atoms with Crippen molar-refractivity contribution >= 4 is 33.2 Å². The van der Waals surface area contributed by atoms with E-state index in [1.165, 1.54) is 0 Å². The number of nitrogens with one attached hydrogen (secondary N) is 1. The molecule has 0 aliphatic carbocycles. The molecule has 0 heterocycles. The van der Waals surface area contributed by atoms with Crippen LogP contribution in [0.4, 0.5) is 5.69 Å². The fraction of sp³-hybridized carbons (Fsp3) is 0.250. The number of rotatable bonds is 4. The maximum atomic E-state index is 6.25. The summed E-state index contributed by atoms with van der Waals surface area (Å²) < 4.78 is 6.45. The largest absolute Gasteiger partial charge is 0.495 e. The van der Waals surface area contributed by atoms with Crippen molar-refractivity contribution in [3.05, 3.63) is 57.0 Å². The molecule has 2 aromatic rings. The zero-order valence-electron chi connectivity index (χ0n) is 11.7. The summed E-state index contributed by atoms with van der Waals surface area (Å²) in [5.41, 5.74) is 3.18. The molecule has 1 N–H and O–H groups in total. The summed E-state index contributed by atoms with van der Waals surface area (Å²) in [6, 6.07) is 12.0. The fourth-order valence-corrected chi connectivity index (χ4v) is 3.03. The monoisotopic (exact) mass is 353 g/mol. The molecule has 0 aliphatic heterocycles. The number of ether oxygens (including phenoxy) is 1. The topological polar surface area (TPSA) is 21.3 Å². The normalized spacial score (nSPS) is 12.1. The lowest BCUT2D eigenvalue weighted by atomic mass is 10.1. The van der Waals surface area contributed by atoms with Gasteiger partial charge in [0.15, 0.2) is 0 Å². The molecule has 1 atom stereocenters. The number of halogens is 2. The number of hydrogen-bond donors (Lipinski definition) is 1. The summed E-state index contributed by atoms with van der Waals surface area (Å²) in [7, 11) is 1.67. The molecule has 4 heteroatoms. The Bertz CT molecular complexity index is 615. The minimum Gasteiger partial charge on any atom is -0.495 e. The average Bonchev–Trinajstić information content (AvgIpc) is 2.41. The maximum Gasteiger partial charge on any atom is 0.143 e. The lowest BCUT2D eigenvalue weighted by molar-refractivity contribution is 0.415. The molecule has 0 fully saturated rings. The van der Waals surface area contributed by atoms with Gasteiger partial charge in [-0.25, -0.2) is 0 Å². The summed E-state index contributed by atoms with van der Waals surface area (Å²) in [4.78, 5) is 0. The van der Waals surface area contributed by atoms with Crippen molar-refractivity contribution in [2.75, 3.05) is 12.4 Å². The van der Waals surface area contributed by atoms with Gasteiger partial charge in [0.25, 0.3) is 0 Å². The highest BCUT2D eigenvalue weighted by Crippen LogP contribution is 2.35. The highest BCUT2D eigenvalue weighted by molar-refractivity contribution is 9.10. The van der Waals surface area contributed by atoms with E-state index in [0.717, 1.165) is 32.1 Å². The van der Waals surface area contributed by atoms with Crippen molar-refractivity contribution in [2.24, 2.45) is 0 Å². The second kappa shape index (κ2) is 6.51. The van der Waals surface area contributed by atoms with Gasteiger partial charge in [-0.2, -0.15) is 0 Å². The third kappa shape index (κ3) is 3.28. The van der Waals surface area contributed by atoms with Crippen LogP contribution in [0.3, 0.4) is 0 Å². The van der Waals surface area contributed by atoms with Crippen LogP contribution in [0.5, 0.6) is 5.75 Å². The Morgan fingerprint density at radius 2 is 1.95 bits per heavy atom. The van der Waals surface area contributed by atoms with Crippen LogP contribution in [-0.4, -0.2) is 7.11 Å². The summed E-state index contributed by atoms with van der Waals surface area (Å²) in [5, 5.41) is 4.25. The van der Waals surface area contributed by atoms with Gasteiger partial charge in [-0.3, -0.25) is 0 Å². The predicted molar refractivity (Wildman–Crippen MR) is 88.9 cm³/mol. The molecule has 0 spiro atoms. The zero-order valence-corrected chi connectivity index (χ0v) is 14.0. The Morgan fingerprint density at radius 3 is 2.60 bits per heavy atom. The Balaban J connectivity index is 2.33. The molecule has 0 amide bonds. The van der Waals surface area contributed by atoms with Crippen molar-refractivity contribution < 1.29 is 4.74 Å². The summed E-state index contributed by atoms with van der Waals surface area (Å²) in [5.74, 6) is 0.816. The molecule has 0 saturated carbocycles. The third-order valence-electron chi connectivity index (χ3n) is 3.22. The zero-order chi connectivity index (χ0) is 14.7. The third-order valence-corrected chi connectivity index (χ3v) is 4.02. The van der Waals surface area contributed by atoms with Gasteiger partial charge < -0.3 is 10.1 Å². The van der Waals surface area contributed by atoms with Crippen LogP contribution in [0.2, 0.25) is 5.02 Å². The molecule has 0 saturated heterocycles. The van der Waals surface area contributed by atoms with Crippen LogP contribution in [0.25, 0.3) is 0 Å². The standard InChI is InChI=1S/C16H17BrClNO/c1-10-8-12(17)9-15(20-3)16(10)19-11(2)13-6-4-5-7-14(13)18/h4-9,11,19H,1-3H3. The number of methoxy groups -OCH3 is 1. The predicted octanol–water partition coefficient (Wildman–Crippen LogP) is 5.59. The summed E-state index contributed by atoms with van der Waals surface area (Å²) in [6.07, 6.45) is 0. The smallest absolute Gasteiger partial charge is 0.143 e. The van der Waals surface area contributed by atoms with E-state index < -0.39 is 0 Å². The molecule has 0 radical (unpaired) electrons. The highest BCUT2D eigenvalue weighted by Gasteiger charge is 2.14. The van der Waals surface area contributed by atoms with Crippen molar-refractivity contribution in [2.45, 2.75) is 19.9 Å². The molecule has 2 nitrogen and oxygen atoms in total. The Labute approximate surface area is 133 Å². The van der Waals surface area contributed by atoms with Crippen molar-refractivity contribution in [1.29, 1.82) is 0 Å². The van der Waals surface area contributed by atoms with Gasteiger partial charge in [-0.1, -0.05) is 45.7 Å². The van der Waals surface area contributed by atoms with E-state index in [1.54, 1.807) is 7.11 Å². The van der Waals surface area contributed by atoms with Crippen LogP contribution in [0.1, 0.15) is 24.1 Å². The quantitative estimate of drug-likeness (QED) is 0.772. The minimum atomic E-state index is 0.0949. The first-order valence-corrected chi connectivity index (χ1v) is 7.55. The van der Waals surface area contributed by atoms with E-state index in [2.05, 4.69) is 41.2 Å². The van der Waals surface area contributed by atoms with Gasteiger partial charge in [0.2, 0.25) is 0 Å². The SMILES string of the molecule is COc1cc(Br)cc(C)c1NC(C)c1ccccc1Cl. The van der Waals surface area contributed by atoms with Gasteiger partial charge in [-0.15, -0.1) is 0 Å². The Hall–Kier alpha value is -1.19. The summed E-state index contributed by atoms with van der Waals surface area (Å²) >= 11 is 9.73. The number of aryl methyl sites for hydroxylation is 1. The Kier molecular flexibility index (Phi) is 4.95. The van der Waals surface area contributed by atoms with Crippen molar-refractivity contribution in [3.63, 3.8) is 0 Å². The first-order chi connectivity index (χ1) is 9.52. The second-order valence-corrected chi connectivity index (χ2v) is 6.01. The van der Waals surface area contributed by atoms with E-state index in [0.29, 0.717) is 0 Å². The molecule has 1 unspecified atom stereocenters. The van der Waals surface area contributed by atoms with Gasteiger partial charge in [0.1, 0.15) is 5.75 Å². The molecule has 2 rings (SSSR count). The van der Waals surface area contributed by atoms with Gasteiger partial charge >= 0.3 is 0 Å².